The molecule has 0 saturated heterocycles. The highest BCUT2D eigenvalue weighted by molar-refractivity contribution is 8.01. The van der Waals surface area contributed by atoms with E-state index in [9.17, 15) is 10.5 Å². The minimum Gasteiger partial charge on any atom is -0.464 e. The number of anilines is 1. The van der Waals surface area contributed by atoms with Gasteiger partial charge in [-0.2, -0.15) is 10.5 Å². The van der Waals surface area contributed by atoms with E-state index in [1.54, 1.807) is 23.5 Å². The van der Waals surface area contributed by atoms with Crippen LogP contribution >= 0.6 is 23.1 Å². The number of nitrogens with zero attached hydrogens (tertiary/aromatic N) is 3. The lowest BCUT2D eigenvalue weighted by atomic mass is 10.0. The molecule has 3 aromatic rings. The zero-order valence-electron chi connectivity index (χ0n) is 11.1. The van der Waals surface area contributed by atoms with Crippen LogP contribution in [0.1, 0.15) is 11.1 Å². The predicted octanol–water partition coefficient (Wildman–Crippen LogP) is 3.88. The van der Waals surface area contributed by atoms with Crippen LogP contribution in [0.15, 0.2) is 49.6 Å². The van der Waals surface area contributed by atoms with E-state index in [4.69, 9.17) is 10.2 Å². The summed E-state index contributed by atoms with van der Waals surface area (Å²) in [7, 11) is 0. The summed E-state index contributed by atoms with van der Waals surface area (Å²) in [4.78, 5) is 4.22. The summed E-state index contributed by atoms with van der Waals surface area (Å²) in [5.41, 5.74) is 6.73. The number of aromatic nitrogens is 1. The average molecular weight is 324 g/mol. The Bertz CT molecular complexity index is 887. The van der Waals surface area contributed by atoms with Gasteiger partial charge in [0.25, 0.3) is 0 Å². The minimum absolute atomic E-state index is 0.0898. The SMILES string of the molecule is N#Cc1c(N)nc(Sc2cccs2)c(C#N)c1-c1ccco1. The van der Waals surface area contributed by atoms with Crippen molar-refractivity contribution >= 4 is 28.9 Å². The maximum atomic E-state index is 9.55. The van der Waals surface area contributed by atoms with E-state index in [1.807, 2.05) is 23.6 Å². The number of nitrogens with two attached hydrogens (primary N) is 1. The summed E-state index contributed by atoms with van der Waals surface area (Å²) < 4.78 is 6.34. The van der Waals surface area contributed by atoms with Crippen LogP contribution in [0.5, 0.6) is 0 Å². The van der Waals surface area contributed by atoms with Gasteiger partial charge < -0.3 is 10.2 Å². The van der Waals surface area contributed by atoms with Crippen LogP contribution in [0.4, 0.5) is 5.82 Å². The highest BCUT2D eigenvalue weighted by atomic mass is 32.2. The molecule has 0 spiro atoms. The molecule has 0 saturated carbocycles. The summed E-state index contributed by atoms with van der Waals surface area (Å²) in [6, 6.07) is 11.4. The van der Waals surface area contributed by atoms with Gasteiger partial charge in [-0.3, -0.25) is 0 Å². The number of rotatable bonds is 3. The van der Waals surface area contributed by atoms with Gasteiger partial charge in [0.05, 0.1) is 21.6 Å². The van der Waals surface area contributed by atoms with Crippen molar-refractivity contribution in [2.75, 3.05) is 5.73 Å². The van der Waals surface area contributed by atoms with Crippen LogP contribution in [-0.2, 0) is 0 Å². The van der Waals surface area contributed by atoms with Gasteiger partial charge in [0, 0.05) is 0 Å². The first-order valence-corrected chi connectivity index (χ1v) is 7.83. The van der Waals surface area contributed by atoms with Crippen molar-refractivity contribution in [2.45, 2.75) is 9.24 Å². The number of hydrogen-bond donors (Lipinski definition) is 1. The molecule has 0 aliphatic heterocycles. The minimum atomic E-state index is 0.0898. The normalized spacial score (nSPS) is 10.1. The fourth-order valence-electron chi connectivity index (χ4n) is 1.96. The Morgan fingerprint density at radius 1 is 1.18 bits per heavy atom. The van der Waals surface area contributed by atoms with Crippen molar-refractivity contribution in [3.63, 3.8) is 0 Å². The molecule has 0 unspecified atom stereocenters. The summed E-state index contributed by atoms with van der Waals surface area (Å²) >= 11 is 2.88. The third-order valence-electron chi connectivity index (χ3n) is 2.88. The molecule has 0 radical (unpaired) electrons. The molecule has 0 aliphatic carbocycles. The van der Waals surface area contributed by atoms with Gasteiger partial charge in [-0.1, -0.05) is 17.8 Å². The predicted molar refractivity (Wildman–Crippen MR) is 84.2 cm³/mol. The lowest BCUT2D eigenvalue weighted by Crippen LogP contribution is -2.02. The molecule has 7 heteroatoms. The van der Waals surface area contributed by atoms with Crippen molar-refractivity contribution in [1.29, 1.82) is 10.5 Å². The fourth-order valence-corrected chi connectivity index (χ4v) is 3.73. The van der Waals surface area contributed by atoms with Gasteiger partial charge in [0.2, 0.25) is 0 Å². The van der Waals surface area contributed by atoms with E-state index in [1.165, 1.54) is 18.0 Å². The highest BCUT2D eigenvalue weighted by Gasteiger charge is 2.22. The molecule has 3 heterocycles. The van der Waals surface area contributed by atoms with Crippen LogP contribution < -0.4 is 5.73 Å². The van der Waals surface area contributed by atoms with Gasteiger partial charge in [0.15, 0.2) is 0 Å². The third-order valence-corrected chi connectivity index (χ3v) is 4.90. The lowest BCUT2D eigenvalue weighted by Gasteiger charge is -2.10. The summed E-state index contributed by atoms with van der Waals surface area (Å²) in [5.74, 6) is 0.516. The largest absolute Gasteiger partial charge is 0.464 e. The van der Waals surface area contributed by atoms with Crippen LogP contribution in [0.2, 0.25) is 0 Å². The summed E-state index contributed by atoms with van der Waals surface area (Å²) in [6.07, 6.45) is 1.49. The van der Waals surface area contributed by atoms with Crippen LogP contribution in [-0.4, -0.2) is 4.98 Å². The zero-order valence-corrected chi connectivity index (χ0v) is 12.7. The molecule has 0 aliphatic rings. The van der Waals surface area contributed by atoms with Crippen LogP contribution in [0, 0.1) is 22.7 Å². The van der Waals surface area contributed by atoms with Gasteiger partial charge >= 0.3 is 0 Å². The molecular formula is C15H8N4OS2. The standard InChI is InChI=1S/C15H8N4OS2/c16-7-9-13(11-3-1-5-20-11)10(8-17)15(19-14(9)18)22-12-4-2-6-21-12/h1-6H,(H2,18,19). The Morgan fingerprint density at radius 3 is 2.59 bits per heavy atom. The second-order valence-electron chi connectivity index (χ2n) is 4.16. The molecular weight excluding hydrogens is 316 g/mol. The van der Waals surface area contributed by atoms with E-state index in [0.29, 0.717) is 21.9 Å². The molecule has 2 N–H and O–H groups in total. The summed E-state index contributed by atoms with van der Waals surface area (Å²) in [6.45, 7) is 0. The van der Waals surface area contributed by atoms with Crippen molar-refractivity contribution < 1.29 is 4.42 Å². The Hall–Kier alpha value is -2.74. The first-order valence-electron chi connectivity index (χ1n) is 6.13. The van der Waals surface area contributed by atoms with E-state index < -0.39 is 0 Å². The van der Waals surface area contributed by atoms with Crippen LogP contribution in [0.3, 0.4) is 0 Å². The Morgan fingerprint density at radius 2 is 2.00 bits per heavy atom. The molecule has 3 aromatic heterocycles. The average Bonchev–Trinajstić information content (AvgIpc) is 3.20. The second kappa shape index (κ2) is 5.94. The highest BCUT2D eigenvalue weighted by Crippen LogP contribution is 2.39. The number of nitrogen functional groups attached to an aromatic ring is 1. The number of thiophene rings is 1. The van der Waals surface area contributed by atoms with Crippen molar-refractivity contribution in [2.24, 2.45) is 0 Å². The Kier molecular flexibility index (Phi) is 3.84. The van der Waals surface area contributed by atoms with Gasteiger partial charge in [-0.05, 0) is 23.6 Å². The smallest absolute Gasteiger partial charge is 0.143 e. The monoisotopic (exact) mass is 324 g/mol. The quantitative estimate of drug-likeness (QED) is 0.784. The third kappa shape index (κ3) is 2.44. The molecule has 3 rings (SSSR count). The van der Waals surface area contributed by atoms with E-state index in [2.05, 4.69) is 11.1 Å². The van der Waals surface area contributed by atoms with Crippen molar-refractivity contribution in [1.82, 2.24) is 4.98 Å². The van der Waals surface area contributed by atoms with Gasteiger partial charge in [0.1, 0.15) is 34.3 Å². The molecule has 5 nitrogen and oxygen atoms in total. The molecule has 0 atom stereocenters. The van der Waals surface area contributed by atoms with E-state index in [0.717, 1.165) is 4.21 Å². The Balaban J connectivity index is 2.25. The zero-order chi connectivity index (χ0) is 15.5. The molecule has 0 aromatic carbocycles. The van der Waals surface area contributed by atoms with Crippen molar-refractivity contribution in [3.8, 4) is 23.5 Å². The first-order chi connectivity index (χ1) is 10.7. The van der Waals surface area contributed by atoms with E-state index in [-0.39, 0.29) is 11.4 Å². The van der Waals surface area contributed by atoms with Gasteiger partial charge in [-0.25, -0.2) is 4.98 Å². The maximum Gasteiger partial charge on any atom is 0.143 e. The number of furan rings is 1. The maximum absolute atomic E-state index is 9.55. The lowest BCUT2D eigenvalue weighted by molar-refractivity contribution is 0.581. The van der Waals surface area contributed by atoms with Crippen LogP contribution in [0.25, 0.3) is 11.3 Å². The van der Waals surface area contributed by atoms with Crippen molar-refractivity contribution in [3.05, 3.63) is 47.0 Å². The number of hydrogen-bond acceptors (Lipinski definition) is 7. The molecule has 22 heavy (non-hydrogen) atoms. The second-order valence-corrected chi connectivity index (χ2v) is 6.40. The first kappa shape index (κ1) is 14.2. The summed E-state index contributed by atoms with van der Waals surface area (Å²) in [5, 5.41) is 21.3. The molecule has 106 valence electrons. The Labute approximate surface area is 134 Å². The topological polar surface area (TPSA) is 99.6 Å². The number of nitriles is 2. The van der Waals surface area contributed by atoms with Gasteiger partial charge in [-0.15, -0.1) is 11.3 Å². The molecule has 0 amide bonds. The fraction of sp³-hybridized carbons (Fsp3) is 0. The molecule has 0 fully saturated rings. The number of pyridine rings is 1. The molecule has 0 bridgehead atoms. The van der Waals surface area contributed by atoms with E-state index >= 15 is 0 Å².